The van der Waals surface area contributed by atoms with Crippen molar-refractivity contribution in [3.05, 3.63) is 23.8 Å². The number of ether oxygens (including phenoxy) is 1. The van der Waals surface area contributed by atoms with Gasteiger partial charge in [0, 0.05) is 25.9 Å². The lowest BCUT2D eigenvalue weighted by Crippen LogP contribution is -2.25. The topological polar surface area (TPSA) is 70.4 Å². The Bertz CT molecular complexity index is 561. The first-order valence-electron chi connectivity index (χ1n) is 5.34. The third-order valence-electron chi connectivity index (χ3n) is 2.53. The van der Waals surface area contributed by atoms with Gasteiger partial charge in [-0.1, -0.05) is 0 Å². The van der Waals surface area contributed by atoms with E-state index in [4.69, 9.17) is 10.00 Å². The molecule has 0 spiro atoms. The van der Waals surface area contributed by atoms with E-state index < -0.39 is 9.84 Å². The monoisotopic (exact) mass is 268 g/mol. The van der Waals surface area contributed by atoms with Gasteiger partial charge in [-0.25, -0.2) is 8.42 Å². The third-order valence-corrected chi connectivity index (χ3v) is 3.46. The van der Waals surface area contributed by atoms with Gasteiger partial charge in [-0.05, 0) is 12.1 Å². The van der Waals surface area contributed by atoms with Crippen LogP contribution in [0.1, 0.15) is 5.56 Å². The van der Waals surface area contributed by atoms with E-state index in [0.717, 1.165) is 0 Å². The van der Waals surface area contributed by atoms with Crippen LogP contribution in [0.15, 0.2) is 18.2 Å². The molecule has 1 rings (SSSR count). The van der Waals surface area contributed by atoms with Crippen molar-refractivity contribution in [2.75, 3.05) is 37.6 Å². The molecule has 0 amide bonds. The van der Waals surface area contributed by atoms with Gasteiger partial charge >= 0.3 is 0 Å². The summed E-state index contributed by atoms with van der Waals surface area (Å²) in [5.74, 6) is 0.682. The largest absolute Gasteiger partial charge is 0.497 e. The number of nitrogens with zero attached hydrogens (tertiary/aromatic N) is 2. The van der Waals surface area contributed by atoms with Crippen LogP contribution in [0.5, 0.6) is 5.75 Å². The summed E-state index contributed by atoms with van der Waals surface area (Å²) >= 11 is 0. The van der Waals surface area contributed by atoms with Gasteiger partial charge in [0.25, 0.3) is 0 Å². The second-order valence-electron chi connectivity index (χ2n) is 4.05. The van der Waals surface area contributed by atoms with Crippen molar-refractivity contribution in [1.29, 1.82) is 5.26 Å². The van der Waals surface area contributed by atoms with Crippen molar-refractivity contribution in [2.24, 2.45) is 0 Å². The Hall–Kier alpha value is -1.74. The summed E-state index contributed by atoms with van der Waals surface area (Å²) in [5, 5.41) is 9.02. The molecule has 18 heavy (non-hydrogen) atoms. The van der Waals surface area contributed by atoms with E-state index in [2.05, 4.69) is 6.07 Å². The van der Waals surface area contributed by atoms with Gasteiger partial charge in [-0.2, -0.15) is 5.26 Å². The maximum atomic E-state index is 11.1. The van der Waals surface area contributed by atoms with Crippen LogP contribution in [0, 0.1) is 11.3 Å². The fourth-order valence-corrected chi connectivity index (χ4v) is 2.08. The molecule has 0 heterocycles. The number of hydrogen-bond acceptors (Lipinski definition) is 5. The highest BCUT2D eigenvalue weighted by Gasteiger charge is 2.11. The van der Waals surface area contributed by atoms with Crippen LogP contribution in [0.4, 0.5) is 5.69 Å². The quantitative estimate of drug-likeness (QED) is 0.798. The average Bonchev–Trinajstić information content (AvgIpc) is 2.34. The van der Waals surface area contributed by atoms with Crippen molar-refractivity contribution < 1.29 is 13.2 Å². The molecular formula is C12H16N2O3S. The normalized spacial score (nSPS) is 10.8. The van der Waals surface area contributed by atoms with Crippen molar-refractivity contribution in [1.82, 2.24) is 0 Å². The summed E-state index contributed by atoms with van der Waals surface area (Å²) in [6.07, 6.45) is 1.19. The zero-order chi connectivity index (χ0) is 13.8. The molecule has 6 heteroatoms. The van der Waals surface area contributed by atoms with E-state index in [0.29, 0.717) is 23.5 Å². The Kier molecular flexibility index (Phi) is 4.56. The molecule has 5 nitrogen and oxygen atoms in total. The Balaban J connectivity index is 2.96. The van der Waals surface area contributed by atoms with Gasteiger partial charge in [-0.3, -0.25) is 0 Å². The summed E-state index contributed by atoms with van der Waals surface area (Å²) in [5.41, 5.74) is 1.16. The second-order valence-corrected chi connectivity index (χ2v) is 6.31. The molecule has 0 fully saturated rings. The summed E-state index contributed by atoms with van der Waals surface area (Å²) in [6, 6.07) is 7.16. The van der Waals surface area contributed by atoms with E-state index in [9.17, 15) is 8.42 Å². The summed E-state index contributed by atoms with van der Waals surface area (Å²) < 4.78 is 27.4. The minimum atomic E-state index is -3.02. The van der Waals surface area contributed by atoms with Crippen LogP contribution >= 0.6 is 0 Å². The van der Waals surface area contributed by atoms with Crippen LogP contribution in [0.3, 0.4) is 0 Å². The highest BCUT2D eigenvalue weighted by Crippen LogP contribution is 2.24. The lowest BCUT2D eigenvalue weighted by atomic mass is 10.1. The molecule has 0 saturated heterocycles. The van der Waals surface area contributed by atoms with Gasteiger partial charge in [-0.15, -0.1) is 0 Å². The van der Waals surface area contributed by atoms with Gasteiger partial charge in [0.1, 0.15) is 21.7 Å². The van der Waals surface area contributed by atoms with E-state index in [-0.39, 0.29) is 5.75 Å². The van der Waals surface area contributed by atoms with Crippen molar-refractivity contribution >= 4 is 15.5 Å². The van der Waals surface area contributed by atoms with Crippen LogP contribution in [0.2, 0.25) is 0 Å². The zero-order valence-electron chi connectivity index (χ0n) is 10.7. The maximum Gasteiger partial charge on any atom is 0.149 e. The molecule has 0 unspecified atom stereocenters. The van der Waals surface area contributed by atoms with E-state index in [1.165, 1.54) is 6.26 Å². The Morgan fingerprint density at radius 2 is 2.11 bits per heavy atom. The molecule has 1 aromatic carbocycles. The number of anilines is 1. The smallest absolute Gasteiger partial charge is 0.149 e. The lowest BCUT2D eigenvalue weighted by molar-refractivity contribution is 0.415. The Labute approximate surface area is 108 Å². The summed E-state index contributed by atoms with van der Waals surface area (Å²) in [7, 11) is 0.276. The Morgan fingerprint density at radius 1 is 1.44 bits per heavy atom. The van der Waals surface area contributed by atoms with Gasteiger partial charge < -0.3 is 9.64 Å². The summed E-state index contributed by atoms with van der Waals surface area (Å²) in [4.78, 5) is 1.74. The number of benzene rings is 1. The van der Waals surface area contributed by atoms with E-state index >= 15 is 0 Å². The molecule has 0 aliphatic carbocycles. The average molecular weight is 268 g/mol. The van der Waals surface area contributed by atoms with Gasteiger partial charge in [0.05, 0.1) is 24.1 Å². The molecule has 0 aliphatic rings. The van der Waals surface area contributed by atoms with Gasteiger partial charge in [0.15, 0.2) is 0 Å². The van der Waals surface area contributed by atoms with Crippen molar-refractivity contribution in [3.8, 4) is 11.8 Å². The first kappa shape index (κ1) is 14.3. The van der Waals surface area contributed by atoms with Crippen LogP contribution in [0.25, 0.3) is 0 Å². The minimum Gasteiger partial charge on any atom is -0.497 e. The molecule has 1 aromatic rings. The number of methoxy groups -OCH3 is 1. The fraction of sp³-hybridized carbons (Fsp3) is 0.417. The summed E-state index contributed by atoms with van der Waals surface area (Å²) in [6.45, 7) is 0.334. The molecule has 0 aromatic heterocycles. The molecule has 0 radical (unpaired) electrons. The maximum absolute atomic E-state index is 11.1. The highest BCUT2D eigenvalue weighted by atomic mass is 32.2. The SMILES string of the molecule is COc1ccc(C#N)c(N(C)CCS(C)(=O)=O)c1. The highest BCUT2D eigenvalue weighted by molar-refractivity contribution is 7.90. The molecule has 98 valence electrons. The molecular weight excluding hydrogens is 252 g/mol. The van der Waals surface area contributed by atoms with Crippen molar-refractivity contribution in [3.63, 3.8) is 0 Å². The minimum absolute atomic E-state index is 0.0472. The van der Waals surface area contributed by atoms with E-state index in [1.54, 1.807) is 37.3 Å². The first-order valence-corrected chi connectivity index (χ1v) is 7.40. The Morgan fingerprint density at radius 3 is 2.61 bits per heavy atom. The van der Waals surface area contributed by atoms with Crippen molar-refractivity contribution in [2.45, 2.75) is 0 Å². The van der Waals surface area contributed by atoms with Crippen LogP contribution in [-0.4, -0.2) is 41.1 Å². The lowest BCUT2D eigenvalue weighted by Gasteiger charge is -2.20. The molecule has 0 N–H and O–H groups in total. The molecule has 0 atom stereocenters. The zero-order valence-corrected chi connectivity index (χ0v) is 11.5. The van der Waals surface area contributed by atoms with E-state index in [1.807, 2.05) is 0 Å². The standard InChI is InChI=1S/C12H16N2O3S/c1-14(6-7-18(3,15)16)12-8-11(17-2)5-4-10(12)9-13/h4-5,8H,6-7H2,1-3H3. The second kappa shape index (κ2) is 5.74. The first-order chi connectivity index (χ1) is 8.37. The number of nitriles is 1. The number of hydrogen-bond donors (Lipinski definition) is 0. The predicted octanol–water partition coefficient (Wildman–Crippen LogP) is 1.05. The predicted molar refractivity (Wildman–Crippen MR) is 70.7 cm³/mol. The number of sulfone groups is 1. The fourth-order valence-electron chi connectivity index (χ4n) is 1.47. The molecule has 0 aliphatic heterocycles. The van der Waals surface area contributed by atoms with Crippen LogP contribution in [-0.2, 0) is 9.84 Å². The van der Waals surface area contributed by atoms with Gasteiger partial charge in [0.2, 0.25) is 0 Å². The third kappa shape index (κ3) is 3.93. The molecule has 0 bridgehead atoms. The molecule has 0 saturated carbocycles. The van der Waals surface area contributed by atoms with Crippen LogP contribution < -0.4 is 9.64 Å². The number of rotatable bonds is 5.